The molecule has 0 saturated heterocycles. The fourth-order valence-corrected chi connectivity index (χ4v) is 4.67. The van der Waals surface area contributed by atoms with Gasteiger partial charge >= 0.3 is 6.09 Å². The minimum Gasteiger partial charge on any atom is -0.490 e. The van der Waals surface area contributed by atoms with Gasteiger partial charge in [-0.05, 0) is 64.9 Å². The lowest BCUT2D eigenvalue weighted by atomic mass is 10.0. The van der Waals surface area contributed by atoms with Crippen LogP contribution < -0.4 is 4.74 Å². The molecule has 5 nitrogen and oxygen atoms in total. The third kappa shape index (κ3) is 5.99. The highest BCUT2D eigenvalue weighted by atomic mass is 28.4. The lowest BCUT2D eigenvalue weighted by Crippen LogP contribution is -2.40. The predicted octanol–water partition coefficient (Wildman–Crippen LogP) is 8.40. The van der Waals surface area contributed by atoms with E-state index in [2.05, 4.69) is 39.9 Å². The summed E-state index contributed by atoms with van der Waals surface area (Å²) in [5.41, 5.74) is 2.84. The summed E-state index contributed by atoms with van der Waals surface area (Å²) in [6.07, 6.45) is -0.390. The predicted molar refractivity (Wildman–Crippen MR) is 147 cm³/mol. The van der Waals surface area contributed by atoms with Crippen LogP contribution in [0.2, 0.25) is 18.1 Å². The van der Waals surface area contributed by atoms with Crippen LogP contribution in [0.5, 0.6) is 5.75 Å². The van der Waals surface area contributed by atoms with E-state index >= 15 is 0 Å². The first-order chi connectivity index (χ1) is 16.1. The van der Waals surface area contributed by atoms with Crippen LogP contribution in [-0.4, -0.2) is 30.7 Å². The molecule has 6 heteroatoms. The lowest BCUT2D eigenvalue weighted by Gasteiger charge is -2.36. The van der Waals surface area contributed by atoms with E-state index in [1.165, 1.54) is 0 Å². The van der Waals surface area contributed by atoms with E-state index in [1.54, 1.807) is 4.57 Å². The Labute approximate surface area is 211 Å². The molecule has 0 atom stereocenters. The number of hydrogen-bond donors (Lipinski definition) is 0. The molecule has 0 bridgehead atoms. The zero-order chi connectivity index (χ0) is 26.2. The molecule has 35 heavy (non-hydrogen) atoms. The number of nitrogens with zero attached hydrogens (tertiary/aromatic N) is 1. The Bertz CT molecular complexity index is 1200. The van der Waals surface area contributed by atoms with Gasteiger partial charge in [0.05, 0.1) is 23.9 Å². The number of ether oxygens (including phenoxy) is 2. The average molecular weight is 496 g/mol. The van der Waals surface area contributed by atoms with Gasteiger partial charge in [0.2, 0.25) is 0 Å². The Balaban J connectivity index is 2.31. The zero-order valence-corrected chi connectivity index (χ0v) is 24.0. The van der Waals surface area contributed by atoms with Gasteiger partial charge < -0.3 is 13.9 Å². The normalized spacial score (nSPS) is 12.9. The molecule has 1 aromatic heterocycles. The molecular weight excluding hydrogens is 454 g/mol. The van der Waals surface area contributed by atoms with Crippen LogP contribution in [-0.2, 0) is 15.8 Å². The second-order valence-electron chi connectivity index (χ2n) is 11.9. The molecule has 3 aromatic rings. The molecule has 0 aliphatic heterocycles. The summed E-state index contributed by atoms with van der Waals surface area (Å²) in [6.45, 7) is 21.1. The van der Waals surface area contributed by atoms with E-state index in [1.807, 2.05) is 77.1 Å². The first kappa shape index (κ1) is 27.0. The second-order valence-corrected chi connectivity index (χ2v) is 16.7. The highest BCUT2D eigenvalue weighted by Crippen LogP contribution is 2.42. The molecule has 3 rings (SSSR count). The van der Waals surface area contributed by atoms with Gasteiger partial charge in [-0.15, -0.1) is 0 Å². The Kier molecular flexibility index (Phi) is 7.58. The smallest absolute Gasteiger partial charge is 0.419 e. The molecule has 0 spiro atoms. The van der Waals surface area contributed by atoms with Gasteiger partial charge in [-0.2, -0.15) is 0 Å². The van der Waals surface area contributed by atoms with E-state index in [9.17, 15) is 4.79 Å². The van der Waals surface area contributed by atoms with Crippen molar-refractivity contribution in [3.05, 3.63) is 54.2 Å². The maximum Gasteiger partial charge on any atom is 0.419 e. The van der Waals surface area contributed by atoms with Crippen molar-refractivity contribution < 1.29 is 18.7 Å². The van der Waals surface area contributed by atoms with Crippen molar-refractivity contribution in [1.29, 1.82) is 0 Å². The van der Waals surface area contributed by atoms with Crippen LogP contribution in [0.1, 0.15) is 61.1 Å². The Morgan fingerprint density at radius 2 is 1.54 bits per heavy atom. The van der Waals surface area contributed by atoms with Crippen LogP contribution in [0.15, 0.2) is 48.5 Å². The minimum atomic E-state index is -2.10. The molecule has 2 aromatic carbocycles. The SMILES string of the molecule is CC(C)Oc1ccccc1-c1c(CO[Si](C)(C)C(C)(C)C)n(C(=O)OC(C)(C)C)c2ccccc12. The van der Waals surface area contributed by atoms with Crippen LogP contribution in [0.3, 0.4) is 0 Å². The molecule has 0 aliphatic rings. The second kappa shape index (κ2) is 9.82. The van der Waals surface area contributed by atoms with Gasteiger partial charge in [0.15, 0.2) is 8.32 Å². The fraction of sp³-hybridized carbons (Fsp3) is 0.483. The van der Waals surface area contributed by atoms with Crippen molar-refractivity contribution in [2.75, 3.05) is 0 Å². The molecule has 0 saturated carbocycles. The van der Waals surface area contributed by atoms with E-state index < -0.39 is 20.0 Å². The van der Waals surface area contributed by atoms with Crippen molar-refractivity contribution in [3.8, 4) is 16.9 Å². The van der Waals surface area contributed by atoms with Crippen molar-refractivity contribution in [3.63, 3.8) is 0 Å². The minimum absolute atomic E-state index is 0.0160. The molecule has 0 aliphatic carbocycles. The topological polar surface area (TPSA) is 49.7 Å². The van der Waals surface area contributed by atoms with E-state index in [-0.39, 0.29) is 11.1 Å². The summed E-state index contributed by atoms with van der Waals surface area (Å²) >= 11 is 0. The number of carbonyl (C=O) groups is 1. The molecule has 0 radical (unpaired) electrons. The molecule has 0 fully saturated rings. The van der Waals surface area contributed by atoms with Crippen LogP contribution in [0.25, 0.3) is 22.0 Å². The first-order valence-electron chi connectivity index (χ1n) is 12.4. The van der Waals surface area contributed by atoms with E-state index in [0.717, 1.165) is 33.5 Å². The third-order valence-corrected chi connectivity index (χ3v) is 10.9. The summed E-state index contributed by atoms with van der Waals surface area (Å²) in [5.74, 6) is 0.781. The molecule has 1 heterocycles. The Morgan fingerprint density at radius 1 is 0.943 bits per heavy atom. The maximum atomic E-state index is 13.6. The molecule has 0 amide bonds. The van der Waals surface area contributed by atoms with Crippen molar-refractivity contribution in [2.45, 2.75) is 91.8 Å². The number of fused-ring (bicyclic) bond motifs is 1. The Morgan fingerprint density at radius 3 is 2.14 bits per heavy atom. The number of para-hydroxylation sites is 2. The standard InChI is InChI=1S/C29H41NO4Si/c1-20(2)33-25-18-14-12-16-22(25)26-21-15-11-13-17-23(21)30(27(31)34-28(3,4)5)24(26)19-32-35(9,10)29(6,7)8/h11-18,20H,19H2,1-10H3. The Hall–Kier alpha value is -2.57. The van der Waals surface area contributed by atoms with Gasteiger partial charge in [-0.3, -0.25) is 0 Å². The number of carbonyl (C=O) groups excluding carboxylic acids is 1. The van der Waals surface area contributed by atoms with Crippen LogP contribution >= 0.6 is 0 Å². The fourth-order valence-electron chi connectivity index (χ4n) is 3.74. The number of benzene rings is 2. The van der Waals surface area contributed by atoms with Gasteiger partial charge in [-0.25, -0.2) is 9.36 Å². The van der Waals surface area contributed by atoms with Gasteiger partial charge in [0.1, 0.15) is 11.4 Å². The largest absolute Gasteiger partial charge is 0.490 e. The summed E-state index contributed by atoms with van der Waals surface area (Å²) < 4.78 is 20.4. The first-order valence-corrected chi connectivity index (χ1v) is 15.3. The monoisotopic (exact) mass is 495 g/mol. The van der Waals surface area contributed by atoms with Crippen LogP contribution in [0, 0.1) is 0 Å². The summed E-state index contributed by atoms with van der Waals surface area (Å²) in [7, 11) is -2.10. The quantitative estimate of drug-likeness (QED) is 0.322. The summed E-state index contributed by atoms with van der Waals surface area (Å²) in [4.78, 5) is 13.6. The lowest BCUT2D eigenvalue weighted by molar-refractivity contribution is 0.0534. The van der Waals surface area contributed by atoms with Crippen molar-refractivity contribution >= 4 is 25.3 Å². The van der Waals surface area contributed by atoms with E-state index in [0.29, 0.717) is 6.61 Å². The highest BCUT2D eigenvalue weighted by Gasteiger charge is 2.38. The van der Waals surface area contributed by atoms with Crippen molar-refractivity contribution in [2.24, 2.45) is 0 Å². The maximum absolute atomic E-state index is 13.6. The summed E-state index contributed by atoms with van der Waals surface area (Å²) in [6, 6.07) is 16.0. The summed E-state index contributed by atoms with van der Waals surface area (Å²) in [5, 5.41) is 1.00. The zero-order valence-electron chi connectivity index (χ0n) is 23.0. The van der Waals surface area contributed by atoms with Crippen molar-refractivity contribution in [1.82, 2.24) is 4.57 Å². The molecule has 0 unspecified atom stereocenters. The molecular formula is C29H41NO4Si. The van der Waals surface area contributed by atoms with E-state index in [4.69, 9.17) is 13.9 Å². The number of aromatic nitrogens is 1. The van der Waals surface area contributed by atoms with Gasteiger partial charge in [-0.1, -0.05) is 57.2 Å². The van der Waals surface area contributed by atoms with Gasteiger partial charge in [0, 0.05) is 16.5 Å². The van der Waals surface area contributed by atoms with Gasteiger partial charge in [0.25, 0.3) is 0 Å². The highest BCUT2D eigenvalue weighted by molar-refractivity contribution is 6.74. The molecule has 190 valence electrons. The average Bonchev–Trinajstić information content (AvgIpc) is 3.04. The third-order valence-electron chi connectivity index (χ3n) is 6.44. The number of hydrogen-bond acceptors (Lipinski definition) is 4. The number of rotatable bonds is 6. The van der Waals surface area contributed by atoms with Crippen LogP contribution in [0.4, 0.5) is 4.79 Å². The molecule has 0 N–H and O–H groups in total.